The number of benzene rings is 1. The summed E-state index contributed by atoms with van der Waals surface area (Å²) in [5.74, 6) is 0. The van der Waals surface area contributed by atoms with Crippen LogP contribution >= 0.6 is 0 Å². The quantitative estimate of drug-likeness (QED) is 0.702. The van der Waals surface area contributed by atoms with Gasteiger partial charge < -0.3 is 14.6 Å². The van der Waals surface area contributed by atoms with Crippen molar-refractivity contribution in [3.63, 3.8) is 0 Å². The van der Waals surface area contributed by atoms with Gasteiger partial charge in [-0.25, -0.2) is 4.79 Å². The van der Waals surface area contributed by atoms with Crippen LogP contribution in [-0.4, -0.2) is 0 Å². The first kappa shape index (κ1) is 11.0. The standard InChI is InChI=1S/C14H13NO3/c1-2-8-6-12(16)18-14-10(8)5-9-3-4-17-13(9)11(14)7-15/h3-6H,2,7,15H2,1H3. The molecular formula is C14H13NO3. The summed E-state index contributed by atoms with van der Waals surface area (Å²) in [4.78, 5) is 11.6. The fourth-order valence-electron chi connectivity index (χ4n) is 2.35. The zero-order valence-electron chi connectivity index (χ0n) is 10.0. The molecule has 92 valence electrons. The Kier molecular flexibility index (Phi) is 2.45. The molecule has 0 unspecified atom stereocenters. The second kappa shape index (κ2) is 3.99. The lowest BCUT2D eigenvalue weighted by molar-refractivity contribution is 0.552. The van der Waals surface area contributed by atoms with E-state index >= 15 is 0 Å². The van der Waals surface area contributed by atoms with Crippen molar-refractivity contribution in [2.75, 3.05) is 0 Å². The van der Waals surface area contributed by atoms with Crippen molar-refractivity contribution in [3.8, 4) is 0 Å². The fraction of sp³-hybridized carbons (Fsp3) is 0.214. The number of hydrogen-bond acceptors (Lipinski definition) is 4. The number of furan rings is 1. The highest BCUT2D eigenvalue weighted by atomic mass is 16.4. The van der Waals surface area contributed by atoms with E-state index in [1.54, 1.807) is 6.26 Å². The Morgan fingerprint density at radius 3 is 2.83 bits per heavy atom. The Labute approximate surface area is 103 Å². The van der Waals surface area contributed by atoms with E-state index in [9.17, 15) is 4.79 Å². The van der Waals surface area contributed by atoms with Gasteiger partial charge in [0.25, 0.3) is 0 Å². The van der Waals surface area contributed by atoms with Crippen LogP contribution in [0, 0.1) is 0 Å². The lowest BCUT2D eigenvalue weighted by Gasteiger charge is -2.07. The summed E-state index contributed by atoms with van der Waals surface area (Å²) in [5.41, 5.74) is 8.38. The van der Waals surface area contributed by atoms with E-state index in [0.717, 1.165) is 28.3 Å². The number of nitrogens with two attached hydrogens (primary N) is 1. The topological polar surface area (TPSA) is 69.4 Å². The molecule has 0 radical (unpaired) electrons. The van der Waals surface area contributed by atoms with Crippen LogP contribution in [-0.2, 0) is 13.0 Å². The van der Waals surface area contributed by atoms with Gasteiger partial charge in [-0.3, -0.25) is 0 Å². The normalized spacial score (nSPS) is 11.4. The molecular weight excluding hydrogens is 230 g/mol. The lowest BCUT2D eigenvalue weighted by atomic mass is 10.0. The minimum Gasteiger partial charge on any atom is -0.464 e. The number of aryl methyl sites for hydroxylation is 1. The van der Waals surface area contributed by atoms with Crippen LogP contribution < -0.4 is 11.4 Å². The highest BCUT2D eigenvalue weighted by Crippen LogP contribution is 2.30. The molecule has 0 fully saturated rings. The van der Waals surface area contributed by atoms with Gasteiger partial charge in [0, 0.05) is 23.4 Å². The molecule has 0 aliphatic heterocycles. The van der Waals surface area contributed by atoms with Crippen molar-refractivity contribution in [2.24, 2.45) is 5.73 Å². The molecule has 4 nitrogen and oxygen atoms in total. The number of rotatable bonds is 2. The summed E-state index contributed by atoms with van der Waals surface area (Å²) >= 11 is 0. The molecule has 0 aliphatic carbocycles. The van der Waals surface area contributed by atoms with Gasteiger partial charge >= 0.3 is 5.63 Å². The van der Waals surface area contributed by atoms with E-state index in [0.29, 0.717) is 11.2 Å². The summed E-state index contributed by atoms with van der Waals surface area (Å²) in [5, 5.41) is 1.91. The summed E-state index contributed by atoms with van der Waals surface area (Å²) in [6, 6.07) is 5.40. The molecule has 2 N–H and O–H groups in total. The Morgan fingerprint density at radius 2 is 2.11 bits per heavy atom. The smallest absolute Gasteiger partial charge is 0.336 e. The first-order valence-corrected chi connectivity index (χ1v) is 5.90. The van der Waals surface area contributed by atoms with Gasteiger partial charge in [-0.2, -0.15) is 0 Å². The van der Waals surface area contributed by atoms with Gasteiger partial charge in [0.1, 0.15) is 11.2 Å². The largest absolute Gasteiger partial charge is 0.464 e. The Morgan fingerprint density at radius 1 is 1.28 bits per heavy atom. The van der Waals surface area contributed by atoms with Crippen molar-refractivity contribution in [1.82, 2.24) is 0 Å². The van der Waals surface area contributed by atoms with Crippen molar-refractivity contribution in [1.29, 1.82) is 0 Å². The molecule has 4 heteroatoms. The third-order valence-corrected chi connectivity index (χ3v) is 3.21. The average molecular weight is 243 g/mol. The molecule has 0 spiro atoms. The van der Waals surface area contributed by atoms with E-state index in [4.69, 9.17) is 14.6 Å². The van der Waals surface area contributed by atoms with Gasteiger partial charge in [0.05, 0.1) is 11.8 Å². The fourth-order valence-corrected chi connectivity index (χ4v) is 2.35. The first-order valence-electron chi connectivity index (χ1n) is 5.90. The van der Waals surface area contributed by atoms with Crippen molar-refractivity contribution in [2.45, 2.75) is 19.9 Å². The molecule has 1 aromatic carbocycles. The van der Waals surface area contributed by atoms with Crippen LogP contribution in [0.1, 0.15) is 18.1 Å². The van der Waals surface area contributed by atoms with Gasteiger partial charge in [0.15, 0.2) is 0 Å². The summed E-state index contributed by atoms with van der Waals surface area (Å²) in [7, 11) is 0. The maximum absolute atomic E-state index is 11.6. The zero-order chi connectivity index (χ0) is 12.7. The molecule has 0 saturated carbocycles. The molecule has 18 heavy (non-hydrogen) atoms. The second-order valence-electron chi connectivity index (χ2n) is 4.22. The third kappa shape index (κ3) is 1.46. The number of hydrogen-bond donors (Lipinski definition) is 1. The van der Waals surface area contributed by atoms with E-state index in [-0.39, 0.29) is 12.2 Å². The van der Waals surface area contributed by atoms with E-state index in [2.05, 4.69) is 0 Å². The molecule has 0 atom stereocenters. The molecule has 2 aromatic heterocycles. The predicted octanol–water partition coefficient (Wildman–Crippen LogP) is 2.56. The van der Waals surface area contributed by atoms with E-state index in [1.165, 1.54) is 6.07 Å². The first-order chi connectivity index (χ1) is 8.74. The average Bonchev–Trinajstić information content (AvgIpc) is 2.83. The molecule has 0 amide bonds. The molecule has 0 aliphatic rings. The van der Waals surface area contributed by atoms with Gasteiger partial charge in [-0.15, -0.1) is 0 Å². The van der Waals surface area contributed by atoms with Crippen molar-refractivity contribution in [3.05, 3.63) is 46.0 Å². The summed E-state index contributed by atoms with van der Waals surface area (Å²) in [6.07, 6.45) is 2.39. The van der Waals surface area contributed by atoms with E-state index in [1.807, 2.05) is 19.1 Å². The van der Waals surface area contributed by atoms with Gasteiger partial charge in [-0.05, 0) is 24.1 Å². The van der Waals surface area contributed by atoms with Crippen LogP contribution in [0.25, 0.3) is 21.9 Å². The van der Waals surface area contributed by atoms with Gasteiger partial charge in [-0.1, -0.05) is 6.92 Å². The third-order valence-electron chi connectivity index (χ3n) is 3.21. The van der Waals surface area contributed by atoms with Crippen LogP contribution in [0.2, 0.25) is 0 Å². The minimum atomic E-state index is -0.347. The molecule has 0 bridgehead atoms. The van der Waals surface area contributed by atoms with Crippen LogP contribution in [0.4, 0.5) is 0 Å². The van der Waals surface area contributed by atoms with E-state index < -0.39 is 0 Å². The summed E-state index contributed by atoms with van der Waals surface area (Å²) in [6.45, 7) is 2.29. The molecule has 2 heterocycles. The van der Waals surface area contributed by atoms with Crippen molar-refractivity contribution >= 4 is 21.9 Å². The monoisotopic (exact) mass is 243 g/mol. The van der Waals surface area contributed by atoms with Crippen LogP contribution in [0.15, 0.2) is 38.1 Å². The minimum absolute atomic E-state index is 0.275. The number of fused-ring (bicyclic) bond motifs is 2. The Hall–Kier alpha value is -2.07. The predicted molar refractivity (Wildman–Crippen MR) is 69.5 cm³/mol. The molecule has 0 saturated heterocycles. The maximum atomic E-state index is 11.6. The Balaban J connectivity index is 2.58. The van der Waals surface area contributed by atoms with Crippen LogP contribution in [0.5, 0.6) is 0 Å². The van der Waals surface area contributed by atoms with Crippen molar-refractivity contribution < 1.29 is 8.83 Å². The Bertz CT molecular complexity index is 783. The highest BCUT2D eigenvalue weighted by molar-refractivity contribution is 5.98. The highest BCUT2D eigenvalue weighted by Gasteiger charge is 2.14. The maximum Gasteiger partial charge on any atom is 0.336 e. The summed E-state index contributed by atoms with van der Waals surface area (Å²) < 4.78 is 10.7. The lowest BCUT2D eigenvalue weighted by Crippen LogP contribution is -2.04. The zero-order valence-corrected chi connectivity index (χ0v) is 10.0. The molecule has 3 aromatic rings. The van der Waals surface area contributed by atoms with Gasteiger partial charge in [0.2, 0.25) is 0 Å². The second-order valence-corrected chi connectivity index (χ2v) is 4.22. The molecule has 3 rings (SSSR count). The SMILES string of the molecule is CCc1cc(=O)oc2c(CN)c3occc3cc12. The van der Waals surface area contributed by atoms with Crippen LogP contribution in [0.3, 0.4) is 0 Å².